The molecule has 1 unspecified atom stereocenters. The highest BCUT2D eigenvalue weighted by atomic mass is 16.5. The Morgan fingerprint density at radius 1 is 1.12 bits per heavy atom. The number of para-hydroxylation sites is 1. The highest BCUT2D eigenvalue weighted by Gasteiger charge is 2.20. The van der Waals surface area contributed by atoms with E-state index in [1.807, 2.05) is 67.6 Å². The van der Waals surface area contributed by atoms with Gasteiger partial charge in [-0.15, -0.1) is 0 Å². The number of amides is 1. The van der Waals surface area contributed by atoms with Crippen molar-refractivity contribution in [2.24, 2.45) is 0 Å². The zero-order valence-corrected chi connectivity index (χ0v) is 14.4. The summed E-state index contributed by atoms with van der Waals surface area (Å²) in [5.41, 5.74) is 1.82. The maximum atomic E-state index is 12.4. The Hall–Kier alpha value is -2.59. The molecule has 0 aliphatic carbocycles. The molecule has 25 heavy (non-hydrogen) atoms. The predicted octanol–water partition coefficient (Wildman–Crippen LogP) is 4.46. The number of nitrogens with one attached hydrogen (secondary N) is 1. The fourth-order valence-electron chi connectivity index (χ4n) is 2.82. The first-order valence-corrected chi connectivity index (χ1v) is 8.68. The van der Waals surface area contributed by atoms with Crippen molar-refractivity contribution in [3.63, 3.8) is 0 Å². The van der Waals surface area contributed by atoms with E-state index >= 15 is 0 Å². The largest absolute Gasteiger partial charge is 0.459 e. The molecule has 1 atom stereocenters. The van der Waals surface area contributed by atoms with Crippen molar-refractivity contribution in [1.29, 1.82) is 0 Å². The van der Waals surface area contributed by atoms with E-state index in [-0.39, 0.29) is 11.9 Å². The van der Waals surface area contributed by atoms with Crippen LogP contribution in [0.2, 0.25) is 0 Å². The van der Waals surface area contributed by atoms with E-state index in [2.05, 4.69) is 5.32 Å². The van der Waals surface area contributed by atoms with E-state index in [4.69, 9.17) is 9.15 Å². The molecule has 2 aromatic carbocycles. The van der Waals surface area contributed by atoms with E-state index in [1.165, 1.54) is 0 Å². The minimum Gasteiger partial charge on any atom is -0.459 e. The fourth-order valence-corrected chi connectivity index (χ4v) is 2.82. The van der Waals surface area contributed by atoms with E-state index in [0.29, 0.717) is 26.1 Å². The summed E-state index contributed by atoms with van der Waals surface area (Å²) < 4.78 is 11.3. The third-order valence-corrected chi connectivity index (χ3v) is 4.06. The zero-order chi connectivity index (χ0) is 17.5. The van der Waals surface area contributed by atoms with Crippen molar-refractivity contribution in [1.82, 2.24) is 5.32 Å². The molecule has 130 valence electrons. The number of furan rings is 1. The van der Waals surface area contributed by atoms with E-state index in [0.717, 1.165) is 22.3 Å². The Bertz CT molecular complexity index is 777. The van der Waals surface area contributed by atoms with Gasteiger partial charge in [0.15, 0.2) is 0 Å². The Morgan fingerprint density at radius 3 is 2.64 bits per heavy atom. The standard InChI is InChI=1S/C21H23NO3/c1-2-24-14-8-13-20(23)22-21(16-9-4-3-5-10-16)19-15-17-11-6-7-12-18(17)25-19/h3-7,9-12,15,21H,2,8,13-14H2,1H3,(H,22,23). The van der Waals surface area contributed by atoms with Gasteiger partial charge in [-0.05, 0) is 31.0 Å². The summed E-state index contributed by atoms with van der Waals surface area (Å²) in [6.45, 7) is 3.23. The smallest absolute Gasteiger partial charge is 0.220 e. The second kappa shape index (κ2) is 8.49. The third kappa shape index (κ3) is 4.48. The average Bonchev–Trinajstić information content (AvgIpc) is 3.08. The number of hydrogen-bond donors (Lipinski definition) is 1. The predicted molar refractivity (Wildman–Crippen MR) is 98.4 cm³/mol. The van der Waals surface area contributed by atoms with Crippen LogP contribution < -0.4 is 5.32 Å². The highest BCUT2D eigenvalue weighted by Crippen LogP contribution is 2.28. The molecule has 1 N–H and O–H groups in total. The van der Waals surface area contributed by atoms with Crippen molar-refractivity contribution in [3.05, 3.63) is 72.0 Å². The van der Waals surface area contributed by atoms with Gasteiger partial charge in [0.25, 0.3) is 0 Å². The van der Waals surface area contributed by atoms with Gasteiger partial charge in [-0.3, -0.25) is 4.79 Å². The molecule has 1 amide bonds. The van der Waals surface area contributed by atoms with Gasteiger partial charge < -0.3 is 14.5 Å². The van der Waals surface area contributed by atoms with Gasteiger partial charge in [-0.25, -0.2) is 0 Å². The van der Waals surface area contributed by atoms with E-state index in [1.54, 1.807) is 0 Å². The van der Waals surface area contributed by atoms with Crippen LogP contribution in [0.25, 0.3) is 11.0 Å². The van der Waals surface area contributed by atoms with Crippen LogP contribution in [0.4, 0.5) is 0 Å². The maximum Gasteiger partial charge on any atom is 0.220 e. The summed E-state index contributed by atoms with van der Waals surface area (Å²) in [5, 5.41) is 4.13. The van der Waals surface area contributed by atoms with Crippen LogP contribution >= 0.6 is 0 Å². The normalized spacial score (nSPS) is 12.2. The summed E-state index contributed by atoms with van der Waals surface area (Å²) in [5.74, 6) is 0.736. The van der Waals surface area contributed by atoms with Gasteiger partial charge in [-0.1, -0.05) is 48.5 Å². The molecule has 3 aromatic rings. The zero-order valence-electron chi connectivity index (χ0n) is 14.4. The van der Waals surface area contributed by atoms with Crippen LogP contribution in [-0.4, -0.2) is 19.1 Å². The summed E-state index contributed by atoms with van der Waals surface area (Å²) >= 11 is 0. The molecule has 1 aromatic heterocycles. The maximum absolute atomic E-state index is 12.4. The van der Waals surface area contributed by atoms with E-state index < -0.39 is 0 Å². The minimum absolute atomic E-state index is 0.00554. The number of ether oxygens (including phenoxy) is 1. The van der Waals surface area contributed by atoms with Gasteiger partial charge in [0, 0.05) is 25.0 Å². The average molecular weight is 337 g/mol. The molecule has 3 rings (SSSR count). The molecule has 0 bridgehead atoms. The number of hydrogen-bond acceptors (Lipinski definition) is 3. The van der Waals surface area contributed by atoms with Crippen LogP contribution in [0.15, 0.2) is 65.1 Å². The van der Waals surface area contributed by atoms with Gasteiger partial charge in [0.1, 0.15) is 17.4 Å². The monoisotopic (exact) mass is 337 g/mol. The SMILES string of the molecule is CCOCCCC(=O)NC(c1ccccc1)c1cc2ccccc2o1. The second-order valence-corrected chi connectivity index (χ2v) is 5.90. The first kappa shape index (κ1) is 17.2. The van der Waals surface area contributed by atoms with Gasteiger partial charge >= 0.3 is 0 Å². The number of fused-ring (bicyclic) bond motifs is 1. The number of benzene rings is 2. The van der Waals surface area contributed by atoms with Crippen molar-refractivity contribution < 1.29 is 13.9 Å². The van der Waals surface area contributed by atoms with Crippen LogP contribution in [0.3, 0.4) is 0 Å². The lowest BCUT2D eigenvalue weighted by atomic mass is 10.0. The molecule has 0 radical (unpaired) electrons. The number of rotatable bonds is 8. The molecule has 0 aliphatic heterocycles. The van der Waals surface area contributed by atoms with Crippen LogP contribution in [0.1, 0.15) is 37.1 Å². The van der Waals surface area contributed by atoms with Crippen molar-refractivity contribution in [2.45, 2.75) is 25.8 Å². The lowest BCUT2D eigenvalue weighted by molar-refractivity contribution is -0.122. The Balaban J connectivity index is 1.79. The van der Waals surface area contributed by atoms with Crippen LogP contribution in [0, 0.1) is 0 Å². The topological polar surface area (TPSA) is 51.5 Å². The third-order valence-electron chi connectivity index (χ3n) is 4.06. The Labute approximate surface area is 147 Å². The molecule has 0 saturated heterocycles. The summed E-state index contributed by atoms with van der Waals surface area (Å²) in [7, 11) is 0. The number of carbonyl (C=O) groups is 1. The summed E-state index contributed by atoms with van der Waals surface area (Å²) in [6, 6.07) is 19.4. The fraction of sp³-hybridized carbons (Fsp3) is 0.286. The Morgan fingerprint density at radius 2 is 1.88 bits per heavy atom. The molecule has 0 aliphatic rings. The van der Waals surface area contributed by atoms with Crippen LogP contribution in [0.5, 0.6) is 0 Å². The van der Waals surface area contributed by atoms with Gasteiger partial charge in [0.2, 0.25) is 5.91 Å². The molecule has 1 heterocycles. The molecule has 0 saturated carbocycles. The highest BCUT2D eigenvalue weighted by molar-refractivity contribution is 5.79. The van der Waals surface area contributed by atoms with Gasteiger partial charge in [-0.2, -0.15) is 0 Å². The van der Waals surface area contributed by atoms with Crippen molar-refractivity contribution in [2.75, 3.05) is 13.2 Å². The Kier molecular flexibility index (Phi) is 5.86. The van der Waals surface area contributed by atoms with Crippen LogP contribution in [-0.2, 0) is 9.53 Å². The van der Waals surface area contributed by atoms with Crippen molar-refractivity contribution >= 4 is 16.9 Å². The number of carbonyl (C=O) groups excluding carboxylic acids is 1. The minimum atomic E-state index is -0.298. The van der Waals surface area contributed by atoms with E-state index in [9.17, 15) is 4.79 Å². The molecule has 0 fully saturated rings. The molecule has 4 nitrogen and oxygen atoms in total. The summed E-state index contributed by atoms with van der Waals surface area (Å²) in [6.07, 6.45) is 1.14. The lowest BCUT2D eigenvalue weighted by Gasteiger charge is -2.17. The molecule has 4 heteroatoms. The quantitative estimate of drug-likeness (QED) is 0.618. The molecule has 0 spiro atoms. The second-order valence-electron chi connectivity index (χ2n) is 5.90. The van der Waals surface area contributed by atoms with Gasteiger partial charge in [0.05, 0.1) is 0 Å². The molecular weight excluding hydrogens is 314 g/mol. The van der Waals surface area contributed by atoms with Crippen molar-refractivity contribution in [3.8, 4) is 0 Å². The summed E-state index contributed by atoms with van der Waals surface area (Å²) in [4.78, 5) is 12.4. The lowest BCUT2D eigenvalue weighted by Crippen LogP contribution is -2.29. The first-order chi connectivity index (χ1) is 12.3. The molecular formula is C21H23NO3. The first-order valence-electron chi connectivity index (χ1n) is 8.68.